The zero-order valence-corrected chi connectivity index (χ0v) is 11.9. The summed E-state index contributed by atoms with van der Waals surface area (Å²) in [7, 11) is 2.93. The van der Waals surface area contributed by atoms with Gasteiger partial charge in [-0.2, -0.15) is 0 Å². The van der Waals surface area contributed by atoms with E-state index in [0.29, 0.717) is 22.3 Å². The Morgan fingerprint density at radius 3 is 2.39 bits per heavy atom. The van der Waals surface area contributed by atoms with Gasteiger partial charge in [0.15, 0.2) is 11.5 Å². The average molecular weight is 292 g/mol. The van der Waals surface area contributed by atoms with E-state index >= 15 is 0 Å². The minimum atomic E-state index is -0.439. The molecule has 5 nitrogen and oxygen atoms in total. The summed E-state index contributed by atoms with van der Waals surface area (Å²) >= 11 is 7.06. The number of benzene rings is 1. The molecule has 0 amide bonds. The molecular formula is C11H14ClNO4S. The number of rotatable bonds is 6. The maximum absolute atomic E-state index is 11.0. The SMILES string of the molecule is COc1cc(SC(C)CCl)c([N+](=O)[O-])cc1OC. The Bertz CT molecular complexity index is 441. The van der Waals surface area contributed by atoms with Crippen LogP contribution in [-0.2, 0) is 0 Å². The number of methoxy groups -OCH3 is 2. The minimum Gasteiger partial charge on any atom is -0.493 e. The van der Waals surface area contributed by atoms with Crippen molar-refractivity contribution < 1.29 is 14.4 Å². The first-order chi connectivity index (χ1) is 8.53. The Morgan fingerprint density at radius 1 is 1.39 bits per heavy atom. The summed E-state index contributed by atoms with van der Waals surface area (Å²) < 4.78 is 10.2. The third-order valence-corrected chi connectivity index (χ3v) is 4.00. The van der Waals surface area contributed by atoms with Crippen LogP contribution in [0.4, 0.5) is 5.69 Å². The topological polar surface area (TPSA) is 61.6 Å². The lowest BCUT2D eigenvalue weighted by molar-refractivity contribution is -0.387. The molecule has 1 atom stereocenters. The number of hydrogen-bond acceptors (Lipinski definition) is 5. The fourth-order valence-electron chi connectivity index (χ4n) is 1.33. The molecular weight excluding hydrogens is 278 g/mol. The molecule has 0 saturated heterocycles. The van der Waals surface area contributed by atoms with Gasteiger partial charge in [0.05, 0.1) is 30.1 Å². The highest BCUT2D eigenvalue weighted by Gasteiger charge is 2.21. The van der Waals surface area contributed by atoms with E-state index in [1.807, 2.05) is 6.92 Å². The fraction of sp³-hybridized carbons (Fsp3) is 0.455. The number of nitrogens with zero attached hydrogens (tertiary/aromatic N) is 1. The van der Waals surface area contributed by atoms with Crippen molar-refractivity contribution >= 4 is 29.1 Å². The Hall–Kier alpha value is -1.14. The smallest absolute Gasteiger partial charge is 0.286 e. The molecule has 0 aliphatic rings. The summed E-state index contributed by atoms with van der Waals surface area (Å²) in [5.74, 6) is 1.22. The van der Waals surface area contributed by atoms with Crippen molar-refractivity contribution in [3.8, 4) is 11.5 Å². The van der Waals surface area contributed by atoms with Crippen molar-refractivity contribution in [2.75, 3.05) is 20.1 Å². The second kappa shape index (κ2) is 6.70. The number of ether oxygens (including phenoxy) is 2. The van der Waals surface area contributed by atoms with Crippen LogP contribution >= 0.6 is 23.4 Å². The van der Waals surface area contributed by atoms with Gasteiger partial charge in [0.2, 0.25) is 0 Å². The highest BCUT2D eigenvalue weighted by Crippen LogP contribution is 2.40. The van der Waals surface area contributed by atoms with Crippen LogP contribution in [0.2, 0.25) is 0 Å². The lowest BCUT2D eigenvalue weighted by Gasteiger charge is -2.12. The molecule has 1 aromatic rings. The third-order valence-electron chi connectivity index (χ3n) is 2.21. The molecule has 0 saturated carbocycles. The summed E-state index contributed by atoms with van der Waals surface area (Å²) in [4.78, 5) is 11.1. The van der Waals surface area contributed by atoms with Crippen molar-refractivity contribution in [1.29, 1.82) is 0 Å². The Kier molecular flexibility index (Phi) is 5.55. The molecule has 1 rings (SSSR count). The average Bonchev–Trinajstić information content (AvgIpc) is 2.37. The van der Waals surface area contributed by atoms with Gasteiger partial charge in [-0.25, -0.2) is 0 Å². The van der Waals surface area contributed by atoms with Gasteiger partial charge < -0.3 is 9.47 Å². The van der Waals surface area contributed by atoms with Crippen LogP contribution in [0.3, 0.4) is 0 Å². The van der Waals surface area contributed by atoms with Crippen molar-refractivity contribution in [2.24, 2.45) is 0 Å². The van der Waals surface area contributed by atoms with Crippen LogP contribution in [0.1, 0.15) is 6.92 Å². The number of halogens is 1. The third kappa shape index (κ3) is 3.43. The van der Waals surface area contributed by atoms with Gasteiger partial charge in [0, 0.05) is 17.2 Å². The van der Waals surface area contributed by atoms with E-state index in [1.165, 1.54) is 32.0 Å². The molecule has 0 bridgehead atoms. The molecule has 0 aliphatic carbocycles. The minimum absolute atomic E-state index is 0.00498. The van der Waals surface area contributed by atoms with Gasteiger partial charge in [-0.05, 0) is 0 Å². The van der Waals surface area contributed by atoms with Crippen LogP contribution < -0.4 is 9.47 Å². The summed E-state index contributed by atoms with van der Waals surface area (Å²) in [6, 6.07) is 2.97. The van der Waals surface area contributed by atoms with Crippen LogP contribution in [0.25, 0.3) is 0 Å². The van der Waals surface area contributed by atoms with Gasteiger partial charge in [0.25, 0.3) is 5.69 Å². The Morgan fingerprint density at radius 2 is 1.94 bits per heavy atom. The predicted octanol–water partition coefficient (Wildman–Crippen LogP) is 3.33. The molecule has 1 unspecified atom stereocenters. The highest BCUT2D eigenvalue weighted by molar-refractivity contribution is 8.00. The predicted molar refractivity (Wildman–Crippen MR) is 72.2 cm³/mol. The lowest BCUT2D eigenvalue weighted by Crippen LogP contribution is -2.00. The number of thioether (sulfide) groups is 1. The summed E-state index contributed by atoms with van der Waals surface area (Å²) in [5, 5.41) is 11.1. The van der Waals surface area contributed by atoms with E-state index < -0.39 is 4.92 Å². The first-order valence-corrected chi connectivity index (χ1v) is 6.58. The van der Waals surface area contributed by atoms with Crippen molar-refractivity contribution in [2.45, 2.75) is 17.1 Å². The molecule has 0 aliphatic heterocycles. The van der Waals surface area contributed by atoms with E-state index in [4.69, 9.17) is 21.1 Å². The van der Waals surface area contributed by atoms with Crippen LogP contribution in [0, 0.1) is 10.1 Å². The zero-order valence-electron chi connectivity index (χ0n) is 10.3. The second-order valence-electron chi connectivity index (χ2n) is 3.51. The Labute approximate surface area is 115 Å². The van der Waals surface area contributed by atoms with Crippen LogP contribution in [0.5, 0.6) is 11.5 Å². The van der Waals surface area contributed by atoms with Crippen molar-refractivity contribution in [1.82, 2.24) is 0 Å². The molecule has 7 heteroatoms. The molecule has 0 heterocycles. The number of hydrogen-bond donors (Lipinski definition) is 0. The summed E-state index contributed by atoms with van der Waals surface area (Å²) in [5.41, 5.74) is -0.00498. The quantitative estimate of drug-likeness (QED) is 0.348. The van der Waals surface area contributed by atoms with Gasteiger partial charge in [-0.1, -0.05) is 6.92 Å². The van der Waals surface area contributed by atoms with E-state index in [2.05, 4.69) is 0 Å². The van der Waals surface area contributed by atoms with Crippen LogP contribution in [0.15, 0.2) is 17.0 Å². The molecule has 18 heavy (non-hydrogen) atoms. The van der Waals surface area contributed by atoms with Crippen molar-refractivity contribution in [3.05, 3.63) is 22.2 Å². The molecule has 0 fully saturated rings. The number of nitro benzene ring substituents is 1. The molecule has 0 aromatic heterocycles. The highest BCUT2D eigenvalue weighted by atomic mass is 35.5. The van der Waals surface area contributed by atoms with E-state index in [-0.39, 0.29) is 10.9 Å². The normalized spacial score (nSPS) is 12.0. The molecule has 0 radical (unpaired) electrons. The summed E-state index contributed by atoms with van der Waals surface area (Å²) in [6.07, 6.45) is 0. The summed E-state index contributed by atoms with van der Waals surface area (Å²) in [6.45, 7) is 1.90. The maximum Gasteiger partial charge on any atom is 0.286 e. The molecule has 100 valence electrons. The largest absolute Gasteiger partial charge is 0.493 e. The molecule has 1 aromatic carbocycles. The van der Waals surface area contributed by atoms with Gasteiger partial charge in [0.1, 0.15) is 0 Å². The lowest BCUT2D eigenvalue weighted by atomic mass is 10.3. The monoisotopic (exact) mass is 291 g/mol. The van der Waals surface area contributed by atoms with E-state index in [9.17, 15) is 10.1 Å². The first kappa shape index (κ1) is 14.9. The molecule has 0 N–H and O–H groups in total. The van der Waals surface area contributed by atoms with Gasteiger partial charge in [-0.15, -0.1) is 23.4 Å². The maximum atomic E-state index is 11.0. The van der Waals surface area contributed by atoms with Gasteiger partial charge >= 0.3 is 0 Å². The van der Waals surface area contributed by atoms with E-state index in [0.717, 1.165) is 0 Å². The zero-order chi connectivity index (χ0) is 13.7. The fourth-order valence-corrected chi connectivity index (χ4v) is 2.45. The van der Waals surface area contributed by atoms with Gasteiger partial charge in [-0.3, -0.25) is 10.1 Å². The Balaban J connectivity index is 3.24. The second-order valence-corrected chi connectivity index (χ2v) is 5.30. The standard InChI is InChI=1S/C11H14ClNO4S/c1-7(6-12)18-11-5-10(17-3)9(16-2)4-8(11)13(14)15/h4-5,7H,6H2,1-3H3. The van der Waals surface area contributed by atoms with Crippen molar-refractivity contribution in [3.63, 3.8) is 0 Å². The molecule has 0 spiro atoms. The number of nitro groups is 1. The van der Waals surface area contributed by atoms with Crippen LogP contribution in [-0.4, -0.2) is 30.3 Å². The number of alkyl halides is 1. The first-order valence-electron chi connectivity index (χ1n) is 5.16. The van der Waals surface area contributed by atoms with E-state index in [1.54, 1.807) is 6.07 Å².